The zero-order valence-electron chi connectivity index (χ0n) is 15.6. The van der Waals surface area contributed by atoms with Crippen LogP contribution in [0.25, 0.3) is 0 Å². The summed E-state index contributed by atoms with van der Waals surface area (Å²) in [6.45, 7) is 3.36. The molecule has 1 aromatic heterocycles. The Hall–Kier alpha value is -2.89. The number of pyridine rings is 1. The molecule has 0 bridgehead atoms. The molecule has 0 atom stereocenters. The molecule has 3 rings (SSSR count). The van der Waals surface area contributed by atoms with Gasteiger partial charge in [0.1, 0.15) is 5.75 Å². The Labute approximate surface area is 159 Å². The van der Waals surface area contributed by atoms with E-state index in [-0.39, 0.29) is 24.5 Å². The first-order chi connectivity index (χ1) is 13.2. The predicted octanol–water partition coefficient (Wildman–Crippen LogP) is 2.44. The number of amides is 2. The van der Waals surface area contributed by atoms with Crippen LogP contribution >= 0.6 is 0 Å². The van der Waals surface area contributed by atoms with Crippen molar-refractivity contribution >= 4 is 11.8 Å². The molecule has 1 aliphatic rings. The number of para-hydroxylation sites is 1. The van der Waals surface area contributed by atoms with Crippen LogP contribution in [0.15, 0.2) is 48.8 Å². The van der Waals surface area contributed by atoms with E-state index in [0.717, 1.165) is 30.6 Å². The highest BCUT2D eigenvalue weighted by molar-refractivity contribution is 5.94. The highest BCUT2D eigenvalue weighted by atomic mass is 16.5. The molecule has 0 radical (unpaired) electrons. The molecular weight excluding hydrogens is 342 g/mol. The maximum Gasteiger partial charge on any atom is 0.260 e. The van der Waals surface area contributed by atoms with Crippen molar-refractivity contribution in [2.45, 2.75) is 32.2 Å². The predicted molar refractivity (Wildman–Crippen MR) is 103 cm³/mol. The number of nitrogens with zero attached hydrogens (tertiary/aromatic N) is 2. The standard InChI is InChI=1S/C21H25N3O3/c1-2-16-5-3-4-6-19(16)27-15-20(25)24-13-9-18(10-14-24)23-21(26)17-7-11-22-12-8-17/h3-8,11-12,18H,2,9-10,13-15H2,1H3,(H,23,26). The second kappa shape index (κ2) is 9.16. The third-order valence-electron chi connectivity index (χ3n) is 4.83. The number of rotatable bonds is 6. The molecule has 1 N–H and O–H groups in total. The number of carbonyl (C=O) groups excluding carboxylic acids is 2. The van der Waals surface area contributed by atoms with E-state index < -0.39 is 0 Å². The minimum atomic E-state index is -0.0957. The number of aryl methyl sites for hydroxylation is 1. The van der Waals surface area contributed by atoms with Gasteiger partial charge >= 0.3 is 0 Å². The molecular formula is C21H25N3O3. The largest absolute Gasteiger partial charge is 0.483 e. The van der Waals surface area contributed by atoms with E-state index in [1.807, 2.05) is 29.2 Å². The van der Waals surface area contributed by atoms with Crippen molar-refractivity contribution in [2.75, 3.05) is 19.7 Å². The molecule has 0 aliphatic carbocycles. The lowest BCUT2D eigenvalue weighted by Gasteiger charge is -2.32. The van der Waals surface area contributed by atoms with E-state index in [1.165, 1.54) is 0 Å². The lowest BCUT2D eigenvalue weighted by Crippen LogP contribution is -2.47. The van der Waals surface area contributed by atoms with Gasteiger partial charge in [0.2, 0.25) is 0 Å². The summed E-state index contributed by atoms with van der Waals surface area (Å²) in [7, 11) is 0. The lowest BCUT2D eigenvalue weighted by molar-refractivity contribution is -0.134. The van der Waals surface area contributed by atoms with Gasteiger partial charge < -0.3 is 15.0 Å². The van der Waals surface area contributed by atoms with Gasteiger partial charge in [-0.3, -0.25) is 14.6 Å². The molecule has 27 heavy (non-hydrogen) atoms. The number of likely N-dealkylation sites (tertiary alicyclic amines) is 1. The van der Waals surface area contributed by atoms with E-state index in [1.54, 1.807) is 24.5 Å². The van der Waals surface area contributed by atoms with Gasteiger partial charge in [-0.2, -0.15) is 0 Å². The summed E-state index contributed by atoms with van der Waals surface area (Å²) in [6.07, 6.45) is 5.56. The van der Waals surface area contributed by atoms with E-state index in [9.17, 15) is 9.59 Å². The fourth-order valence-electron chi connectivity index (χ4n) is 3.21. The number of aromatic nitrogens is 1. The van der Waals surface area contributed by atoms with Crippen molar-refractivity contribution in [3.63, 3.8) is 0 Å². The van der Waals surface area contributed by atoms with Crippen LogP contribution < -0.4 is 10.1 Å². The average molecular weight is 367 g/mol. The van der Waals surface area contributed by atoms with E-state index in [2.05, 4.69) is 17.2 Å². The van der Waals surface area contributed by atoms with Gasteiger partial charge in [0.15, 0.2) is 6.61 Å². The first kappa shape index (κ1) is 18.9. The second-order valence-electron chi connectivity index (χ2n) is 6.61. The van der Waals surface area contributed by atoms with Crippen LogP contribution in [-0.4, -0.2) is 47.4 Å². The summed E-state index contributed by atoms with van der Waals surface area (Å²) in [4.78, 5) is 30.4. The van der Waals surface area contributed by atoms with Crippen LogP contribution in [0.4, 0.5) is 0 Å². The Balaban J connectivity index is 1.44. The molecule has 2 amide bonds. The van der Waals surface area contributed by atoms with Crippen LogP contribution in [0.5, 0.6) is 5.75 Å². The maximum absolute atomic E-state index is 12.4. The molecule has 6 nitrogen and oxygen atoms in total. The number of carbonyl (C=O) groups is 2. The van der Waals surface area contributed by atoms with Crippen molar-refractivity contribution in [3.8, 4) is 5.75 Å². The molecule has 0 spiro atoms. The molecule has 1 aliphatic heterocycles. The van der Waals surface area contributed by atoms with Crippen LogP contribution in [-0.2, 0) is 11.2 Å². The fraction of sp³-hybridized carbons (Fsp3) is 0.381. The van der Waals surface area contributed by atoms with Crippen molar-refractivity contribution in [1.29, 1.82) is 0 Å². The molecule has 6 heteroatoms. The summed E-state index contributed by atoms with van der Waals surface area (Å²) in [6, 6.07) is 11.3. The van der Waals surface area contributed by atoms with Crippen molar-refractivity contribution in [3.05, 3.63) is 59.9 Å². The molecule has 1 saturated heterocycles. The van der Waals surface area contributed by atoms with E-state index in [4.69, 9.17) is 4.74 Å². The Bertz CT molecular complexity index is 771. The SMILES string of the molecule is CCc1ccccc1OCC(=O)N1CCC(NC(=O)c2ccncc2)CC1. The molecule has 1 aromatic carbocycles. The van der Waals surface area contributed by atoms with Crippen molar-refractivity contribution in [2.24, 2.45) is 0 Å². The quantitative estimate of drug-likeness (QED) is 0.851. The normalized spacial score (nSPS) is 14.6. The minimum Gasteiger partial charge on any atom is -0.483 e. The number of ether oxygens (including phenoxy) is 1. The van der Waals surface area contributed by atoms with Crippen LogP contribution in [0.3, 0.4) is 0 Å². The van der Waals surface area contributed by atoms with Gasteiger partial charge in [0.25, 0.3) is 11.8 Å². The van der Waals surface area contributed by atoms with Gasteiger partial charge in [0, 0.05) is 37.1 Å². The van der Waals surface area contributed by atoms with Gasteiger partial charge in [-0.25, -0.2) is 0 Å². The summed E-state index contributed by atoms with van der Waals surface area (Å²) in [5.74, 6) is 0.661. The first-order valence-corrected chi connectivity index (χ1v) is 9.36. The molecule has 0 unspecified atom stereocenters. The number of piperidine rings is 1. The molecule has 1 fully saturated rings. The number of hydrogen-bond acceptors (Lipinski definition) is 4. The fourth-order valence-corrected chi connectivity index (χ4v) is 3.21. The number of nitrogens with one attached hydrogen (secondary N) is 1. The van der Waals surface area contributed by atoms with Gasteiger partial charge in [-0.15, -0.1) is 0 Å². The van der Waals surface area contributed by atoms with Crippen molar-refractivity contribution in [1.82, 2.24) is 15.2 Å². The zero-order chi connectivity index (χ0) is 19.1. The second-order valence-corrected chi connectivity index (χ2v) is 6.61. The zero-order valence-corrected chi connectivity index (χ0v) is 15.6. The number of hydrogen-bond donors (Lipinski definition) is 1. The lowest BCUT2D eigenvalue weighted by atomic mass is 10.0. The first-order valence-electron chi connectivity index (χ1n) is 9.36. The van der Waals surface area contributed by atoms with Crippen molar-refractivity contribution < 1.29 is 14.3 Å². The molecule has 0 saturated carbocycles. The Morgan fingerprint density at radius 3 is 2.56 bits per heavy atom. The van der Waals surface area contributed by atoms with Crippen LogP contribution in [0.1, 0.15) is 35.7 Å². The van der Waals surface area contributed by atoms with Gasteiger partial charge in [0.05, 0.1) is 0 Å². The minimum absolute atomic E-state index is 0.0141. The van der Waals surface area contributed by atoms with Gasteiger partial charge in [-0.1, -0.05) is 25.1 Å². The third-order valence-corrected chi connectivity index (χ3v) is 4.83. The number of benzene rings is 1. The molecule has 2 heterocycles. The Morgan fingerprint density at radius 1 is 1.15 bits per heavy atom. The van der Waals surface area contributed by atoms with E-state index >= 15 is 0 Å². The van der Waals surface area contributed by atoms with E-state index in [0.29, 0.717) is 18.7 Å². The van der Waals surface area contributed by atoms with Crippen LogP contribution in [0.2, 0.25) is 0 Å². The molecule has 142 valence electrons. The Morgan fingerprint density at radius 2 is 1.85 bits per heavy atom. The smallest absolute Gasteiger partial charge is 0.260 e. The highest BCUT2D eigenvalue weighted by Crippen LogP contribution is 2.19. The summed E-state index contributed by atoms with van der Waals surface area (Å²) >= 11 is 0. The monoisotopic (exact) mass is 367 g/mol. The molecule has 2 aromatic rings. The Kier molecular flexibility index (Phi) is 6.41. The highest BCUT2D eigenvalue weighted by Gasteiger charge is 2.24. The maximum atomic E-state index is 12.4. The third kappa shape index (κ3) is 5.06. The summed E-state index contributed by atoms with van der Waals surface area (Å²) in [5, 5.41) is 3.03. The van der Waals surface area contributed by atoms with Gasteiger partial charge in [-0.05, 0) is 43.0 Å². The van der Waals surface area contributed by atoms with Crippen LogP contribution in [0, 0.1) is 0 Å². The summed E-state index contributed by atoms with van der Waals surface area (Å²) < 4.78 is 5.73. The summed E-state index contributed by atoms with van der Waals surface area (Å²) in [5.41, 5.74) is 1.70. The topological polar surface area (TPSA) is 71.5 Å². The average Bonchev–Trinajstić information content (AvgIpc) is 2.73.